The smallest absolute Gasteiger partial charge is 0.115 e. The van der Waals surface area contributed by atoms with Crippen molar-refractivity contribution in [3.8, 4) is 0 Å². The highest BCUT2D eigenvalue weighted by Crippen LogP contribution is 2.43. The first-order chi connectivity index (χ1) is 10.3. The van der Waals surface area contributed by atoms with E-state index in [2.05, 4.69) is 29.2 Å². The van der Waals surface area contributed by atoms with E-state index in [1.165, 1.54) is 0 Å². The highest BCUT2D eigenvalue weighted by atomic mass is 16.5. The van der Waals surface area contributed by atoms with Crippen LogP contribution in [-0.2, 0) is 10.3 Å². The zero-order valence-corrected chi connectivity index (χ0v) is 12.3. The van der Waals surface area contributed by atoms with Gasteiger partial charge < -0.3 is 14.7 Å². The van der Waals surface area contributed by atoms with Gasteiger partial charge >= 0.3 is 0 Å². The fraction of sp³-hybridized carbons (Fsp3) is 0.333. The minimum atomic E-state index is -0.517. The Morgan fingerprint density at radius 1 is 1.10 bits per heavy atom. The Bertz CT molecular complexity index is 572. The molecule has 21 heavy (non-hydrogen) atoms. The number of hydrogen-bond donors (Lipinski definition) is 1. The van der Waals surface area contributed by atoms with Crippen LogP contribution < -0.4 is 4.90 Å². The van der Waals surface area contributed by atoms with Gasteiger partial charge in [-0.1, -0.05) is 48.5 Å². The van der Waals surface area contributed by atoms with Crippen LogP contribution in [0.4, 0.5) is 5.69 Å². The Hall–Kier alpha value is -1.84. The highest BCUT2D eigenvalue weighted by molar-refractivity contribution is 5.54. The van der Waals surface area contributed by atoms with Crippen LogP contribution >= 0.6 is 0 Å². The van der Waals surface area contributed by atoms with Crippen LogP contribution in [0.5, 0.6) is 0 Å². The molecule has 2 aromatic rings. The summed E-state index contributed by atoms with van der Waals surface area (Å²) < 4.78 is 5.72. The maximum atomic E-state index is 10.3. The average Bonchev–Trinajstić information content (AvgIpc) is 2.96. The molecular weight excluding hydrogens is 262 g/mol. The second-order valence-corrected chi connectivity index (χ2v) is 5.45. The molecule has 1 aliphatic heterocycles. The SMILES string of the molecule is COC1CCN(c2ccccc2)[C@@]1(CO)c1ccccc1. The summed E-state index contributed by atoms with van der Waals surface area (Å²) in [4.78, 5) is 2.27. The summed E-state index contributed by atoms with van der Waals surface area (Å²) in [6, 6.07) is 20.4. The van der Waals surface area contributed by atoms with Crippen molar-refractivity contribution in [2.75, 3.05) is 25.2 Å². The molecule has 0 radical (unpaired) electrons. The van der Waals surface area contributed by atoms with Crippen molar-refractivity contribution >= 4 is 5.69 Å². The molecule has 2 atom stereocenters. The Labute approximate surface area is 125 Å². The molecule has 1 saturated heterocycles. The van der Waals surface area contributed by atoms with Crippen LogP contribution in [0.3, 0.4) is 0 Å². The quantitative estimate of drug-likeness (QED) is 0.936. The third-order valence-electron chi connectivity index (χ3n) is 4.50. The molecule has 0 bridgehead atoms. The number of nitrogens with zero attached hydrogens (tertiary/aromatic N) is 1. The summed E-state index contributed by atoms with van der Waals surface area (Å²) in [5.74, 6) is 0. The topological polar surface area (TPSA) is 32.7 Å². The molecule has 110 valence electrons. The number of anilines is 1. The lowest BCUT2D eigenvalue weighted by atomic mass is 9.85. The first-order valence-electron chi connectivity index (χ1n) is 7.35. The monoisotopic (exact) mass is 283 g/mol. The number of para-hydroxylation sites is 1. The van der Waals surface area contributed by atoms with Gasteiger partial charge in [-0.05, 0) is 24.1 Å². The molecule has 1 heterocycles. The first-order valence-corrected chi connectivity index (χ1v) is 7.35. The molecule has 0 saturated carbocycles. The van der Waals surface area contributed by atoms with E-state index in [0.717, 1.165) is 24.2 Å². The summed E-state index contributed by atoms with van der Waals surface area (Å²) in [7, 11) is 1.73. The van der Waals surface area contributed by atoms with E-state index in [-0.39, 0.29) is 12.7 Å². The molecule has 1 aliphatic rings. The van der Waals surface area contributed by atoms with E-state index in [1.807, 2.05) is 36.4 Å². The van der Waals surface area contributed by atoms with Crippen LogP contribution in [0, 0.1) is 0 Å². The van der Waals surface area contributed by atoms with Crippen LogP contribution in [0.1, 0.15) is 12.0 Å². The van der Waals surface area contributed by atoms with Crippen molar-refractivity contribution in [3.63, 3.8) is 0 Å². The molecule has 1 fully saturated rings. The lowest BCUT2D eigenvalue weighted by Gasteiger charge is -2.42. The number of methoxy groups -OCH3 is 1. The average molecular weight is 283 g/mol. The van der Waals surface area contributed by atoms with Gasteiger partial charge in [0.05, 0.1) is 12.7 Å². The standard InChI is InChI=1S/C18H21NO2/c1-21-17-12-13-19(16-10-6-3-7-11-16)18(17,14-20)15-8-4-2-5-9-15/h2-11,17,20H,12-14H2,1H3/t17?,18-/m0/s1. The lowest BCUT2D eigenvalue weighted by Crippen LogP contribution is -2.51. The molecular formula is C18H21NO2. The van der Waals surface area contributed by atoms with Crippen molar-refractivity contribution < 1.29 is 9.84 Å². The number of aliphatic hydroxyl groups excluding tert-OH is 1. The molecule has 3 heteroatoms. The Morgan fingerprint density at radius 2 is 1.71 bits per heavy atom. The second-order valence-electron chi connectivity index (χ2n) is 5.45. The number of ether oxygens (including phenoxy) is 1. The van der Waals surface area contributed by atoms with Crippen LogP contribution in [0.15, 0.2) is 60.7 Å². The maximum Gasteiger partial charge on any atom is 0.115 e. The number of hydrogen-bond acceptors (Lipinski definition) is 3. The van der Waals surface area contributed by atoms with E-state index >= 15 is 0 Å². The van der Waals surface area contributed by atoms with Gasteiger partial charge in [0.25, 0.3) is 0 Å². The lowest BCUT2D eigenvalue weighted by molar-refractivity contribution is 0.0238. The van der Waals surface area contributed by atoms with Gasteiger partial charge in [-0.25, -0.2) is 0 Å². The van der Waals surface area contributed by atoms with Gasteiger partial charge in [-0.2, -0.15) is 0 Å². The molecule has 3 nitrogen and oxygen atoms in total. The summed E-state index contributed by atoms with van der Waals surface area (Å²) in [5.41, 5.74) is 1.70. The first kappa shape index (κ1) is 14.1. The zero-order valence-electron chi connectivity index (χ0n) is 12.3. The normalized spacial score (nSPS) is 25.2. The summed E-state index contributed by atoms with van der Waals surface area (Å²) in [6.45, 7) is 0.905. The van der Waals surface area contributed by atoms with Crippen molar-refractivity contribution in [1.29, 1.82) is 0 Å². The van der Waals surface area contributed by atoms with Gasteiger partial charge in [0.2, 0.25) is 0 Å². The molecule has 2 aromatic carbocycles. The van der Waals surface area contributed by atoms with Gasteiger partial charge in [-0.15, -0.1) is 0 Å². The Balaban J connectivity index is 2.12. The van der Waals surface area contributed by atoms with Crippen molar-refractivity contribution in [2.24, 2.45) is 0 Å². The fourth-order valence-corrected chi connectivity index (χ4v) is 3.49. The number of rotatable bonds is 4. The molecule has 0 amide bonds. The molecule has 0 spiro atoms. The molecule has 3 rings (SSSR count). The predicted octanol–water partition coefficient (Wildman–Crippen LogP) is 2.80. The maximum absolute atomic E-state index is 10.3. The number of benzene rings is 2. The van der Waals surface area contributed by atoms with E-state index in [1.54, 1.807) is 7.11 Å². The second kappa shape index (κ2) is 5.88. The largest absolute Gasteiger partial charge is 0.393 e. The van der Waals surface area contributed by atoms with Crippen molar-refractivity contribution in [2.45, 2.75) is 18.1 Å². The predicted molar refractivity (Wildman–Crippen MR) is 84.4 cm³/mol. The van der Waals surface area contributed by atoms with Crippen molar-refractivity contribution in [3.05, 3.63) is 66.2 Å². The third kappa shape index (κ3) is 2.23. The van der Waals surface area contributed by atoms with Crippen molar-refractivity contribution in [1.82, 2.24) is 0 Å². The zero-order chi connectivity index (χ0) is 14.7. The minimum Gasteiger partial charge on any atom is -0.393 e. The van der Waals surface area contributed by atoms with Crippen LogP contribution in [0.25, 0.3) is 0 Å². The van der Waals surface area contributed by atoms with E-state index < -0.39 is 5.54 Å². The highest BCUT2D eigenvalue weighted by Gasteiger charge is 2.50. The Morgan fingerprint density at radius 3 is 2.29 bits per heavy atom. The van der Waals surface area contributed by atoms with Gasteiger partial charge in [0.1, 0.15) is 5.54 Å². The fourth-order valence-electron chi connectivity index (χ4n) is 3.49. The summed E-state index contributed by atoms with van der Waals surface area (Å²) in [6.07, 6.45) is 0.881. The van der Waals surface area contributed by atoms with Crippen LogP contribution in [-0.4, -0.2) is 31.5 Å². The molecule has 1 unspecified atom stereocenters. The minimum absolute atomic E-state index is 0.0230. The van der Waals surface area contributed by atoms with E-state index in [0.29, 0.717) is 0 Å². The van der Waals surface area contributed by atoms with E-state index in [4.69, 9.17) is 4.74 Å². The molecule has 0 aromatic heterocycles. The molecule has 1 N–H and O–H groups in total. The third-order valence-corrected chi connectivity index (χ3v) is 4.50. The summed E-state index contributed by atoms with van der Waals surface area (Å²) >= 11 is 0. The Kier molecular flexibility index (Phi) is 3.95. The van der Waals surface area contributed by atoms with Crippen LogP contribution in [0.2, 0.25) is 0 Å². The van der Waals surface area contributed by atoms with Gasteiger partial charge in [0, 0.05) is 19.3 Å². The number of aliphatic hydroxyl groups is 1. The molecule has 0 aliphatic carbocycles. The summed E-state index contributed by atoms with van der Waals surface area (Å²) in [5, 5.41) is 10.3. The van der Waals surface area contributed by atoms with E-state index in [9.17, 15) is 5.11 Å². The van der Waals surface area contributed by atoms with Gasteiger partial charge in [-0.3, -0.25) is 0 Å². The van der Waals surface area contributed by atoms with Gasteiger partial charge in [0.15, 0.2) is 0 Å².